The molecule has 1 saturated heterocycles. The summed E-state index contributed by atoms with van der Waals surface area (Å²) in [4.78, 5) is 16.8. The minimum absolute atomic E-state index is 0.0309. The number of halogens is 1. The molecule has 16 heavy (non-hydrogen) atoms. The van der Waals surface area contributed by atoms with Gasteiger partial charge in [0.2, 0.25) is 5.95 Å². The van der Waals surface area contributed by atoms with E-state index in [1.807, 2.05) is 0 Å². The third-order valence-electron chi connectivity index (χ3n) is 2.67. The Morgan fingerprint density at radius 3 is 3.12 bits per heavy atom. The molecule has 0 bridgehead atoms. The Hall–Kier alpha value is -1.49. The second-order valence-electron chi connectivity index (χ2n) is 3.89. The summed E-state index contributed by atoms with van der Waals surface area (Å²) in [6.07, 6.45) is 2.24. The zero-order valence-corrected chi connectivity index (χ0v) is 8.77. The van der Waals surface area contributed by atoms with E-state index < -0.39 is 18.0 Å². The van der Waals surface area contributed by atoms with Crippen molar-refractivity contribution in [2.24, 2.45) is 0 Å². The first-order valence-corrected chi connectivity index (χ1v) is 5.26. The van der Waals surface area contributed by atoms with Crippen molar-refractivity contribution < 1.29 is 14.3 Å². The lowest BCUT2D eigenvalue weighted by molar-refractivity contribution is 0.0469. The monoisotopic (exact) mass is 224 g/mol. The Morgan fingerprint density at radius 2 is 2.44 bits per heavy atom. The van der Waals surface area contributed by atoms with Gasteiger partial charge in [-0.1, -0.05) is 0 Å². The average Bonchev–Trinajstić information content (AvgIpc) is 2.29. The van der Waals surface area contributed by atoms with Crippen LogP contribution in [-0.2, 0) is 0 Å². The van der Waals surface area contributed by atoms with Gasteiger partial charge in [-0.05, 0) is 25.0 Å². The molecule has 1 aliphatic heterocycles. The smallest absolute Gasteiger partial charge is 0.258 e. The van der Waals surface area contributed by atoms with Crippen molar-refractivity contribution in [3.05, 3.63) is 29.8 Å². The third-order valence-corrected chi connectivity index (χ3v) is 2.67. The van der Waals surface area contributed by atoms with Crippen LogP contribution >= 0.6 is 0 Å². The lowest BCUT2D eigenvalue weighted by atomic mass is 10.1. The van der Waals surface area contributed by atoms with Crippen LogP contribution < -0.4 is 0 Å². The van der Waals surface area contributed by atoms with E-state index in [4.69, 9.17) is 0 Å². The molecule has 86 valence electrons. The highest BCUT2D eigenvalue weighted by Crippen LogP contribution is 2.14. The number of nitrogens with zero attached hydrogens (tertiary/aromatic N) is 2. The fourth-order valence-corrected chi connectivity index (χ4v) is 1.86. The van der Waals surface area contributed by atoms with Gasteiger partial charge in [-0.25, -0.2) is 4.98 Å². The second-order valence-corrected chi connectivity index (χ2v) is 3.89. The van der Waals surface area contributed by atoms with Crippen LogP contribution in [0.25, 0.3) is 0 Å². The molecule has 1 atom stereocenters. The SMILES string of the molecule is O=C(c1cccnc1F)N1CCC[C@H](O)C1. The number of aliphatic hydroxyl groups is 1. The number of aromatic nitrogens is 1. The molecule has 2 rings (SSSR count). The summed E-state index contributed by atoms with van der Waals surface area (Å²) in [7, 11) is 0. The molecule has 1 aromatic rings. The molecule has 0 spiro atoms. The summed E-state index contributed by atoms with van der Waals surface area (Å²) in [5.74, 6) is -1.16. The molecule has 0 radical (unpaired) electrons. The maximum atomic E-state index is 13.3. The minimum Gasteiger partial charge on any atom is -0.391 e. The number of carbonyl (C=O) groups excluding carboxylic acids is 1. The lowest BCUT2D eigenvalue weighted by Crippen LogP contribution is -2.42. The van der Waals surface area contributed by atoms with Crippen LogP contribution in [0, 0.1) is 5.95 Å². The summed E-state index contributed by atoms with van der Waals surface area (Å²) in [5.41, 5.74) is -0.0309. The first kappa shape index (κ1) is 11.0. The standard InChI is InChI=1S/C11H13FN2O2/c12-10-9(4-1-5-13-10)11(16)14-6-2-3-8(15)7-14/h1,4-5,8,15H,2-3,6-7H2/t8-/m0/s1. The zero-order chi connectivity index (χ0) is 11.5. The molecule has 0 aromatic carbocycles. The number of piperidine rings is 1. The molecular formula is C11H13FN2O2. The van der Waals surface area contributed by atoms with E-state index in [2.05, 4.69) is 4.98 Å². The Labute approximate surface area is 92.7 Å². The van der Waals surface area contributed by atoms with Crippen LogP contribution in [0.15, 0.2) is 18.3 Å². The van der Waals surface area contributed by atoms with Crippen molar-refractivity contribution >= 4 is 5.91 Å². The number of amides is 1. The van der Waals surface area contributed by atoms with Crippen molar-refractivity contribution in [3.63, 3.8) is 0 Å². The van der Waals surface area contributed by atoms with E-state index in [1.54, 1.807) is 0 Å². The summed E-state index contributed by atoms with van der Waals surface area (Å²) in [6, 6.07) is 2.93. The maximum Gasteiger partial charge on any atom is 0.258 e. The highest BCUT2D eigenvalue weighted by atomic mass is 19.1. The summed E-state index contributed by atoms with van der Waals surface area (Å²) in [6.45, 7) is 0.831. The summed E-state index contributed by atoms with van der Waals surface area (Å²) >= 11 is 0. The van der Waals surface area contributed by atoms with Crippen molar-refractivity contribution in [1.29, 1.82) is 0 Å². The zero-order valence-electron chi connectivity index (χ0n) is 8.77. The molecule has 1 aromatic heterocycles. The maximum absolute atomic E-state index is 13.3. The molecule has 0 aliphatic carbocycles. The van der Waals surface area contributed by atoms with Gasteiger partial charge < -0.3 is 10.0 Å². The molecule has 1 N–H and O–H groups in total. The van der Waals surface area contributed by atoms with E-state index in [-0.39, 0.29) is 12.1 Å². The lowest BCUT2D eigenvalue weighted by Gasteiger charge is -2.30. The average molecular weight is 224 g/mol. The van der Waals surface area contributed by atoms with E-state index in [9.17, 15) is 14.3 Å². The van der Waals surface area contributed by atoms with E-state index in [0.717, 1.165) is 6.42 Å². The van der Waals surface area contributed by atoms with Gasteiger partial charge in [0.05, 0.1) is 11.7 Å². The fourth-order valence-electron chi connectivity index (χ4n) is 1.86. The first-order chi connectivity index (χ1) is 7.68. The molecule has 1 amide bonds. The van der Waals surface area contributed by atoms with Crippen molar-refractivity contribution in [2.45, 2.75) is 18.9 Å². The first-order valence-electron chi connectivity index (χ1n) is 5.26. The number of hydrogen-bond acceptors (Lipinski definition) is 3. The van der Waals surface area contributed by atoms with Crippen molar-refractivity contribution in [2.75, 3.05) is 13.1 Å². The van der Waals surface area contributed by atoms with Gasteiger partial charge in [0.25, 0.3) is 5.91 Å². The fraction of sp³-hybridized carbons (Fsp3) is 0.455. The van der Waals surface area contributed by atoms with Crippen LogP contribution in [0.4, 0.5) is 4.39 Å². The quantitative estimate of drug-likeness (QED) is 0.718. The van der Waals surface area contributed by atoms with Crippen LogP contribution in [-0.4, -0.2) is 40.1 Å². The second kappa shape index (κ2) is 4.57. The van der Waals surface area contributed by atoms with Crippen LogP contribution in [0.1, 0.15) is 23.2 Å². The summed E-state index contributed by atoms with van der Waals surface area (Å²) < 4.78 is 13.3. The Balaban J connectivity index is 2.16. The van der Waals surface area contributed by atoms with Gasteiger partial charge in [0, 0.05) is 19.3 Å². The van der Waals surface area contributed by atoms with Gasteiger partial charge in [-0.15, -0.1) is 0 Å². The molecule has 0 unspecified atom stereocenters. The largest absolute Gasteiger partial charge is 0.391 e. The van der Waals surface area contributed by atoms with E-state index in [0.29, 0.717) is 13.0 Å². The number of pyridine rings is 1. The molecule has 2 heterocycles. The van der Waals surface area contributed by atoms with Gasteiger partial charge >= 0.3 is 0 Å². The number of rotatable bonds is 1. The van der Waals surface area contributed by atoms with E-state index >= 15 is 0 Å². The molecular weight excluding hydrogens is 211 g/mol. The van der Waals surface area contributed by atoms with Gasteiger partial charge in [-0.3, -0.25) is 4.79 Å². The Morgan fingerprint density at radius 1 is 1.62 bits per heavy atom. The highest BCUT2D eigenvalue weighted by Gasteiger charge is 2.24. The number of β-amino-alcohol motifs (C(OH)–C–C–N with tert-alkyl or cyclic N) is 1. The van der Waals surface area contributed by atoms with E-state index in [1.165, 1.54) is 23.2 Å². The van der Waals surface area contributed by atoms with Gasteiger partial charge in [-0.2, -0.15) is 4.39 Å². The third kappa shape index (κ3) is 2.19. The molecule has 1 fully saturated rings. The highest BCUT2D eigenvalue weighted by molar-refractivity contribution is 5.94. The number of hydrogen-bond donors (Lipinski definition) is 1. The topological polar surface area (TPSA) is 53.4 Å². The molecule has 1 aliphatic rings. The molecule has 4 nitrogen and oxygen atoms in total. The molecule has 0 saturated carbocycles. The number of likely N-dealkylation sites (tertiary alicyclic amines) is 1. The van der Waals surface area contributed by atoms with Crippen LogP contribution in [0.3, 0.4) is 0 Å². The minimum atomic E-state index is -0.757. The van der Waals surface area contributed by atoms with Crippen LogP contribution in [0.5, 0.6) is 0 Å². The normalized spacial score (nSPS) is 20.9. The van der Waals surface area contributed by atoms with Crippen molar-refractivity contribution in [1.82, 2.24) is 9.88 Å². The predicted molar refractivity (Wildman–Crippen MR) is 55.3 cm³/mol. The number of carbonyl (C=O) groups is 1. The molecule has 5 heteroatoms. The van der Waals surface area contributed by atoms with Gasteiger partial charge in [0.15, 0.2) is 0 Å². The predicted octanol–water partition coefficient (Wildman–Crippen LogP) is 0.818. The Bertz CT molecular complexity index is 397. The summed E-state index contributed by atoms with van der Waals surface area (Å²) in [5, 5.41) is 9.44. The van der Waals surface area contributed by atoms with Gasteiger partial charge in [0.1, 0.15) is 0 Å². The number of aliphatic hydroxyl groups excluding tert-OH is 1. The van der Waals surface area contributed by atoms with Crippen LogP contribution in [0.2, 0.25) is 0 Å². The van der Waals surface area contributed by atoms with Crippen molar-refractivity contribution in [3.8, 4) is 0 Å². The Kier molecular flexibility index (Phi) is 3.14.